The molecule has 290 valence electrons. The first kappa shape index (κ1) is 38.7. The Hall–Kier alpha value is -5.53. The van der Waals surface area contributed by atoms with E-state index in [1.165, 1.54) is 0 Å². The Bertz CT molecular complexity index is 2000. The maximum Gasteiger partial charge on any atom is 0.508 e. The van der Waals surface area contributed by atoms with Gasteiger partial charge in [-0.25, -0.2) is 4.79 Å². The monoisotopic (exact) mass is 767 g/mol. The molecule has 2 aliphatic rings. The van der Waals surface area contributed by atoms with Crippen molar-refractivity contribution < 1.29 is 51.1 Å². The number of hydrogen-bond acceptors (Lipinski definition) is 9. The Labute approximate surface area is 322 Å². The Morgan fingerprint density at radius 2 is 1.07 bits per heavy atom. The second-order valence-corrected chi connectivity index (χ2v) is 13.4. The third-order valence-electron chi connectivity index (χ3n) is 9.61. The summed E-state index contributed by atoms with van der Waals surface area (Å²) in [6, 6.07) is 43.2. The molecular weight excluding hydrogens is 727 g/mol. The van der Waals surface area contributed by atoms with E-state index in [-0.39, 0.29) is 39.0 Å². The summed E-state index contributed by atoms with van der Waals surface area (Å²) in [6.07, 6.45) is -13.5. The van der Waals surface area contributed by atoms with Gasteiger partial charge in [0.15, 0.2) is 6.10 Å². The third-order valence-corrected chi connectivity index (χ3v) is 9.61. The van der Waals surface area contributed by atoms with E-state index in [0.717, 1.165) is 38.9 Å². The molecule has 1 aliphatic heterocycles. The summed E-state index contributed by atoms with van der Waals surface area (Å²) in [5.74, 6) is -2.36. The van der Waals surface area contributed by atoms with Crippen LogP contribution in [0.2, 0.25) is 0 Å². The molecule has 0 amide bonds. The number of halogens is 3. The number of carbonyl (C=O) groups is 1. The van der Waals surface area contributed by atoms with Crippen LogP contribution in [0, 0.1) is 5.41 Å². The molecular formula is C44H40F3NO8. The molecule has 7 rings (SSSR count). The lowest BCUT2D eigenvalue weighted by Crippen LogP contribution is -2.62. The molecule has 0 spiro atoms. The highest BCUT2D eigenvalue weighted by Gasteiger charge is 2.53. The molecule has 0 aromatic heterocycles. The van der Waals surface area contributed by atoms with Gasteiger partial charge in [-0.05, 0) is 38.9 Å². The van der Waals surface area contributed by atoms with Gasteiger partial charge in [0.25, 0.3) is 5.90 Å². The lowest BCUT2D eigenvalue weighted by atomic mass is 9.97. The van der Waals surface area contributed by atoms with Crippen molar-refractivity contribution in [1.82, 2.24) is 0 Å². The molecule has 5 atom stereocenters. The predicted molar refractivity (Wildman–Crippen MR) is 200 cm³/mol. The fourth-order valence-electron chi connectivity index (χ4n) is 6.94. The van der Waals surface area contributed by atoms with Crippen LogP contribution >= 0.6 is 0 Å². The van der Waals surface area contributed by atoms with Gasteiger partial charge in [0, 0.05) is 5.92 Å². The first-order valence-corrected chi connectivity index (χ1v) is 18.2. The lowest BCUT2D eigenvalue weighted by Gasteiger charge is -2.45. The van der Waals surface area contributed by atoms with Gasteiger partial charge in [-0.3, -0.25) is 5.41 Å². The van der Waals surface area contributed by atoms with Crippen LogP contribution in [0.25, 0.3) is 11.1 Å². The standard InChI is InChI=1S/C44H40F3NO8/c45-44(46,47)42(48)56-41-40(55-43(49)53-27-36-34-22-12-10-20-32(34)33-21-11-13-23-35(33)36)39(52-26-31-18-8-3-9-19-31)38(51-25-30-16-6-2-7-17-30)37(54-41)28-50-24-29-14-4-1-5-15-29/h1-23,36-41,48H,24-28H2/t37-,38+,39+,40-,41?/m1/s1. The maximum atomic E-state index is 13.9. The molecule has 1 saturated heterocycles. The van der Waals surface area contributed by atoms with Crippen molar-refractivity contribution >= 4 is 12.1 Å². The van der Waals surface area contributed by atoms with Gasteiger partial charge in [-0.1, -0.05) is 140 Å². The molecule has 0 radical (unpaired) electrons. The van der Waals surface area contributed by atoms with E-state index >= 15 is 0 Å². The Morgan fingerprint density at radius 1 is 0.589 bits per heavy atom. The molecule has 1 aliphatic carbocycles. The van der Waals surface area contributed by atoms with Crippen LogP contribution in [0.3, 0.4) is 0 Å². The largest absolute Gasteiger partial charge is 0.508 e. The van der Waals surface area contributed by atoms with Gasteiger partial charge in [0.2, 0.25) is 6.29 Å². The number of ether oxygens (including phenoxy) is 7. The Kier molecular flexibility index (Phi) is 12.4. The third kappa shape index (κ3) is 9.46. The van der Waals surface area contributed by atoms with Crippen LogP contribution in [0.4, 0.5) is 18.0 Å². The van der Waals surface area contributed by atoms with E-state index in [0.29, 0.717) is 0 Å². The fraction of sp³-hybridized carbons (Fsp3) is 0.273. The van der Waals surface area contributed by atoms with Crippen LogP contribution in [0.15, 0.2) is 140 Å². The van der Waals surface area contributed by atoms with Crippen molar-refractivity contribution in [2.75, 3.05) is 13.2 Å². The predicted octanol–water partition coefficient (Wildman–Crippen LogP) is 8.99. The van der Waals surface area contributed by atoms with Crippen LogP contribution < -0.4 is 0 Å². The zero-order valence-corrected chi connectivity index (χ0v) is 30.2. The second kappa shape index (κ2) is 17.9. The van der Waals surface area contributed by atoms with Crippen LogP contribution in [0.1, 0.15) is 33.7 Å². The van der Waals surface area contributed by atoms with E-state index in [2.05, 4.69) is 0 Å². The van der Waals surface area contributed by atoms with Gasteiger partial charge in [-0.15, -0.1) is 0 Å². The normalized spacial score (nSPS) is 20.4. The van der Waals surface area contributed by atoms with Crippen molar-refractivity contribution in [3.05, 3.63) is 167 Å². The number of fused-ring (bicyclic) bond motifs is 3. The maximum absolute atomic E-state index is 13.9. The van der Waals surface area contributed by atoms with Gasteiger partial charge in [0.1, 0.15) is 24.9 Å². The number of alkyl halides is 3. The number of benzene rings is 5. The number of carbonyl (C=O) groups excluding carboxylic acids is 1. The molecule has 9 nitrogen and oxygen atoms in total. The zero-order valence-electron chi connectivity index (χ0n) is 30.2. The molecule has 56 heavy (non-hydrogen) atoms. The molecule has 0 bridgehead atoms. The van der Waals surface area contributed by atoms with Gasteiger partial charge < -0.3 is 33.2 Å². The van der Waals surface area contributed by atoms with Crippen LogP contribution in [-0.2, 0) is 53.0 Å². The summed E-state index contributed by atoms with van der Waals surface area (Å²) in [5, 5.41) is 7.74. The molecule has 1 fully saturated rings. The minimum Gasteiger partial charge on any atom is -0.440 e. The van der Waals surface area contributed by atoms with E-state index in [1.807, 2.05) is 140 Å². The molecule has 5 aromatic carbocycles. The average Bonchev–Trinajstić information content (AvgIpc) is 3.54. The quantitative estimate of drug-likeness (QED) is 0.0679. The molecule has 1 heterocycles. The molecule has 0 saturated carbocycles. The summed E-state index contributed by atoms with van der Waals surface area (Å²) in [6.45, 7) is -0.121. The fourth-order valence-corrected chi connectivity index (χ4v) is 6.94. The second-order valence-electron chi connectivity index (χ2n) is 13.4. The summed E-state index contributed by atoms with van der Waals surface area (Å²) < 4.78 is 83.3. The van der Waals surface area contributed by atoms with Gasteiger partial charge in [-0.2, -0.15) is 13.2 Å². The summed E-state index contributed by atoms with van der Waals surface area (Å²) in [5.41, 5.74) is 6.32. The smallest absolute Gasteiger partial charge is 0.440 e. The summed E-state index contributed by atoms with van der Waals surface area (Å²) in [4.78, 5) is 13.7. The Morgan fingerprint density at radius 3 is 1.61 bits per heavy atom. The lowest BCUT2D eigenvalue weighted by molar-refractivity contribution is -0.307. The average molecular weight is 768 g/mol. The topological polar surface area (TPSA) is 106 Å². The molecule has 12 heteroatoms. The highest BCUT2D eigenvalue weighted by molar-refractivity contribution is 5.79. The summed E-state index contributed by atoms with van der Waals surface area (Å²) >= 11 is 0. The summed E-state index contributed by atoms with van der Waals surface area (Å²) in [7, 11) is 0. The Balaban J connectivity index is 1.18. The minimum atomic E-state index is -5.17. The first-order chi connectivity index (χ1) is 27.2. The minimum absolute atomic E-state index is 0.0394. The van der Waals surface area contributed by atoms with Crippen molar-refractivity contribution in [2.24, 2.45) is 0 Å². The highest BCUT2D eigenvalue weighted by Crippen LogP contribution is 2.44. The van der Waals surface area contributed by atoms with Crippen LogP contribution in [-0.4, -0.2) is 62.1 Å². The zero-order chi connectivity index (χ0) is 38.9. The first-order valence-electron chi connectivity index (χ1n) is 18.2. The molecule has 1 N–H and O–H groups in total. The van der Waals surface area contributed by atoms with E-state index in [4.69, 9.17) is 38.6 Å². The van der Waals surface area contributed by atoms with Crippen molar-refractivity contribution in [1.29, 1.82) is 5.41 Å². The molecule has 1 unspecified atom stereocenters. The number of hydrogen-bond donors (Lipinski definition) is 1. The van der Waals surface area contributed by atoms with Crippen molar-refractivity contribution in [3.63, 3.8) is 0 Å². The number of rotatable bonds is 14. The SMILES string of the molecule is N=C(OC1O[C@H](COCc2ccccc2)[C@H](OCc2ccccc2)[C@H](OCc2ccccc2)[C@H]1OC(=O)OCC1c2ccccc2-c2ccccc21)C(F)(F)F. The van der Waals surface area contributed by atoms with Crippen molar-refractivity contribution in [2.45, 2.75) is 62.6 Å². The van der Waals surface area contributed by atoms with Crippen LogP contribution in [0.5, 0.6) is 0 Å². The molecule has 5 aromatic rings. The van der Waals surface area contributed by atoms with Crippen molar-refractivity contribution in [3.8, 4) is 11.1 Å². The van der Waals surface area contributed by atoms with Gasteiger partial charge in [0.05, 0.1) is 26.4 Å². The van der Waals surface area contributed by atoms with E-state index < -0.39 is 48.9 Å². The van der Waals surface area contributed by atoms with Gasteiger partial charge >= 0.3 is 12.3 Å². The highest BCUT2D eigenvalue weighted by atomic mass is 19.4. The van der Waals surface area contributed by atoms with E-state index in [9.17, 15) is 18.0 Å². The number of nitrogens with one attached hydrogen (secondary N) is 1. The van der Waals surface area contributed by atoms with E-state index in [1.54, 1.807) is 0 Å².